The average molecular weight is 318 g/mol. The van der Waals surface area contributed by atoms with E-state index in [4.69, 9.17) is 4.74 Å². The van der Waals surface area contributed by atoms with Crippen LogP contribution >= 0.6 is 0 Å². The van der Waals surface area contributed by atoms with E-state index < -0.39 is 36.5 Å². The maximum Gasteiger partial charge on any atom is 0.407 e. The third-order valence-corrected chi connectivity index (χ3v) is 3.99. The number of carbonyl (C=O) groups excluding carboxylic acids is 2. The Labute approximate surface area is 129 Å². The van der Waals surface area contributed by atoms with Crippen LogP contribution in [0, 0.1) is 0 Å². The van der Waals surface area contributed by atoms with Crippen molar-refractivity contribution < 1.29 is 23.1 Å². The maximum absolute atomic E-state index is 13.3. The van der Waals surface area contributed by atoms with Gasteiger partial charge in [0, 0.05) is 12.1 Å². The van der Waals surface area contributed by atoms with Crippen molar-refractivity contribution in [3.05, 3.63) is 0 Å². The molecule has 0 spiro atoms. The van der Waals surface area contributed by atoms with E-state index in [-0.39, 0.29) is 12.1 Å². The number of hydrogen-bond donors (Lipinski definition) is 1. The molecule has 0 unspecified atom stereocenters. The van der Waals surface area contributed by atoms with Crippen molar-refractivity contribution in [3.63, 3.8) is 0 Å². The zero-order chi connectivity index (χ0) is 16.5. The average Bonchev–Trinajstić information content (AvgIpc) is 2.61. The molecule has 2 aliphatic rings. The molecule has 0 aromatic rings. The van der Waals surface area contributed by atoms with Gasteiger partial charge in [-0.3, -0.25) is 4.79 Å². The molecule has 2 amide bonds. The molecule has 0 bridgehead atoms. The number of carbonyl (C=O) groups is 2. The Kier molecular flexibility index (Phi) is 4.63. The van der Waals surface area contributed by atoms with Crippen LogP contribution in [0.25, 0.3) is 0 Å². The molecule has 126 valence electrons. The van der Waals surface area contributed by atoms with Crippen LogP contribution in [0.4, 0.5) is 13.6 Å². The van der Waals surface area contributed by atoms with Crippen LogP contribution in [0.15, 0.2) is 0 Å². The highest BCUT2D eigenvalue weighted by Gasteiger charge is 2.46. The van der Waals surface area contributed by atoms with Crippen molar-refractivity contribution in [1.29, 1.82) is 0 Å². The molecular weight excluding hydrogens is 294 g/mol. The van der Waals surface area contributed by atoms with Gasteiger partial charge in [0.25, 0.3) is 5.92 Å². The summed E-state index contributed by atoms with van der Waals surface area (Å²) in [6.45, 7) is 4.91. The molecule has 1 N–H and O–H groups in total. The number of alkyl halides is 2. The minimum atomic E-state index is -2.90. The zero-order valence-electron chi connectivity index (χ0n) is 13.3. The lowest BCUT2D eigenvalue weighted by molar-refractivity contribution is -0.130. The predicted octanol–water partition coefficient (Wildman–Crippen LogP) is 2.69. The summed E-state index contributed by atoms with van der Waals surface area (Å²) < 4.78 is 31.7. The van der Waals surface area contributed by atoms with Gasteiger partial charge in [-0.1, -0.05) is 0 Å². The van der Waals surface area contributed by atoms with Gasteiger partial charge >= 0.3 is 6.09 Å². The first-order valence-electron chi connectivity index (χ1n) is 7.72. The van der Waals surface area contributed by atoms with Gasteiger partial charge in [-0.25, -0.2) is 13.6 Å². The van der Waals surface area contributed by atoms with Crippen LogP contribution in [0.3, 0.4) is 0 Å². The molecule has 1 saturated heterocycles. The van der Waals surface area contributed by atoms with Crippen LogP contribution in [-0.2, 0) is 9.53 Å². The predicted molar refractivity (Wildman–Crippen MR) is 76.7 cm³/mol. The van der Waals surface area contributed by atoms with Gasteiger partial charge in [0.2, 0.25) is 5.91 Å². The number of nitrogens with one attached hydrogen (secondary N) is 1. The number of likely N-dealkylation sites (tertiary alicyclic amines) is 1. The monoisotopic (exact) mass is 318 g/mol. The minimum absolute atomic E-state index is 0.0238. The molecule has 2 rings (SSSR count). The largest absolute Gasteiger partial charge is 0.444 e. The number of alkyl carbamates (subject to hydrolysis) is 1. The summed E-state index contributed by atoms with van der Waals surface area (Å²) in [5, 5.41) is 2.80. The Morgan fingerprint density at radius 3 is 2.32 bits per heavy atom. The fourth-order valence-corrected chi connectivity index (χ4v) is 3.05. The molecule has 7 heteroatoms. The van der Waals surface area contributed by atoms with Crippen molar-refractivity contribution in [1.82, 2.24) is 10.2 Å². The topological polar surface area (TPSA) is 58.6 Å². The Morgan fingerprint density at radius 2 is 1.86 bits per heavy atom. The van der Waals surface area contributed by atoms with Crippen molar-refractivity contribution >= 4 is 12.0 Å². The summed E-state index contributed by atoms with van der Waals surface area (Å²) in [6, 6.07) is -0.165. The van der Waals surface area contributed by atoms with E-state index in [0.717, 1.165) is 0 Å². The van der Waals surface area contributed by atoms with E-state index in [0.29, 0.717) is 25.7 Å². The van der Waals surface area contributed by atoms with Crippen molar-refractivity contribution in [2.75, 3.05) is 6.54 Å². The molecular formula is C15H24F2N2O3. The van der Waals surface area contributed by atoms with Gasteiger partial charge < -0.3 is 15.0 Å². The third-order valence-electron chi connectivity index (χ3n) is 3.99. The van der Waals surface area contributed by atoms with Crippen molar-refractivity contribution in [2.24, 2.45) is 0 Å². The summed E-state index contributed by atoms with van der Waals surface area (Å²) in [7, 11) is 0. The fraction of sp³-hybridized carbons (Fsp3) is 0.867. The lowest BCUT2D eigenvalue weighted by Crippen LogP contribution is -2.46. The van der Waals surface area contributed by atoms with Gasteiger partial charge in [0.15, 0.2) is 0 Å². The second kappa shape index (κ2) is 6.01. The lowest BCUT2D eigenvalue weighted by atomic mass is 9.90. The molecule has 22 heavy (non-hydrogen) atoms. The number of amides is 2. The SMILES string of the molecule is CC(C)(C)OC(=O)NC1CCC(N2CC(F)(F)CC2=O)CC1. The summed E-state index contributed by atoms with van der Waals surface area (Å²) >= 11 is 0. The fourth-order valence-electron chi connectivity index (χ4n) is 3.05. The lowest BCUT2D eigenvalue weighted by Gasteiger charge is -2.35. The van der Waals surface area contributed by atoms with Crippen LogP contribution in [0.2, 0.25) is 0 Å². The summed E-state index contributed by atoms with van der Waals surface area (Å²) in [5.74, 6) is -3.36. The highest BCUT2D eigenvalue weighted by atomic mass is 19.3. The third kappa shape index (κ3) is 4.55. The second-order valence-electron chi connectivity index (χ2n) is 7.21. The molecule has 0 aromatic carbocycles. The highest BCUT2D eigenvalue weighted by Crippen LogP contribution is 2.33. The van der Waals surface area contributed by atoms with Gasteiger partial charge in [-0.15, -0.1) is 0 Å². The van der Waals surface area contributed by atoms with E-state index in [1.807, 2.05) is 0 Å². The molecule has 0 radical (unpaired) electrons. The van der Waals surface area contributed by atoms with Gasteiger partial charge in [-0.2, -0.15) is 0 Å². The Hall–Kier alpha value is -1.40. The Balaban J connectivity index is 1.79. The second-order valence-corrected chi connectivity index (χ2v) is 7.21. The number of rotatable bonds is 2. The standard InChI is InChI=1S/C15H24F2N2O3/c1-14(2,3)22-13(21)18-10-4-6-11(7-5-10)19-9-15(16,17)8-12(19)20/h10-11H,4-9H2,1-3H3,(H,18,21). The van der Waals surface area contributed by atoms with Gasteiger partial charge in [0.05, 0.1) is 13.0 Å². The van der Waals surface area contributed by atoms with Crippen LogP contribution in [-0.4, -0.2) is 47.1 Å². The number of nitrogens with zero attached hydrogens (tertiary/aromatic N) is 1. The van der Waals surface area contributed by atoms with E-state index >= 15 is 0 Å². The minimum Gasteiger partial charge on any atom is -0.444 e. The Morgan fingerprint density at radius 1 is 1.27 bits per heavy atom. The molecule has 1 aliphatic carbocycles. The van der Waals surface area contributed by atoms with Crippen LogP contribution in [0.5, 0.6) is 0 Å². The molecule has 0 aromatic heterocycles. The number of ether oxygens (including phenoxy) is 1. The molecule has 0 atom stereocenters. The summed E-state index contributed by atoms with van der Waals surface area (Å²) in [5.41, 5.74) is -0.547. The first kappa shape index (κ1) is 17.0. The summed E-state index contributed by atoms with van der Waals surface area (Å²) in [6.07, 6.45) is 1.45. The molecule has 5 nitrogen and oxygen atoms in total. The van der Waals surface area contributed by atoms with E-state index in [1.54, 1.807) is 20.8 Å². The molecule has 1 heterocycles. The van der Waals surface area contributed by atoms with Crippen molar-refractivity contribution in [3.8, 4) is 0 Å². The zero-order valence-corrected chi connectivity index (χ0v) is 13.3. The smallest absolute Gasteiger partial charge is 0.407 e. The van der Waals surface area contributed by atoms with Gasteiger partial charge in [0.1, 0.15) is 5.60 Å². The van der Waals surface area contributed by atoms with Crippen molar-refractivity contribution in [2.45, 2.75) is 76.5 Å². The number of hydrogen-bond acceptors (Lipinski definition) is 3. The van der Waals surface area contributed by atoms with E-state index in [2.05, 4.69) is 5.32 Å². The normalized spacial score (nSPS) is 28.6. The first-order valence-corrected chi connectivity index (χ1v) is 7.72. The number of halogens is 2. The van der Waals surface area contributed by atoms with E-state index in [9.17, 15) is 18.4 Å². The molecule has 1 aliphatic heterocycles. The molecule has 1 saturated carbocycles. The first-order chi connectivity index (χ1) is 10.1. The van der Waals surface area contributed by atoms with Crippen LogP contribution < -0.4 is 5.32 Å². The highest BCUT2D eigenvalue weighted by molar-refractivity contribution is 5.80. The van der Waals surface area contributed by atoms with Crippen LogP contribution in [0.1, 0.15) is 52.9 Å². The maximum atomic E-state index is 13.3. The summed E-state index contributed by atoms with van der Waals surface area (Å²) in [4.78, 5) is 24.7. The quantitative estimate of drug-likeness (QED) is 0.851. The Bertz CT molecular complexity index is 441. The van der Waals surface area contributed by atoms with Gasteiger partial charge in [-0.05, 0) is 46.5 Å². The molecule has 2 fully saturated rings. The van der Waals surface area contributed by atoms with E-state index in [1.165, 1.54) is 4.90 Å².